The summed E-state index contributed by atoms with van der Waals surface area (Å²) < 4.78 is 0. The molecule has 0 aliphatic heterocycles. The van der Waals surface area contributed by atoms with Gasteiger partial charge in [-0.1, -0.05) is 65.1 Å². The Bertz CT molecular complexity index is 597. The lowest BCUT2D eigenvalue weighted by atomic mass is 10.1. The van der Waals surface area contributed by atoms with Gasteiger partial charge in [0.2, 0.25) is 0 Å². The molecule has 0 bridgehead atoms. The molecule has 5 heteroatoms. The first-order valence-electron chi connectivity index (χ1n) is 5.47. The summed E-state index contributed by atoms with van der Waals surface area (Å²) in [4.78, 5) is 0. The van der Waals surface area contributed by atoms with Gasteiger partial charge in [-0.25, -0.2) is 0 Å². The van der Waals surface area contributed by atoms with Crippen LogP contribution in [0.5, 0.6) is 0 Å². The quantitative estimate of drug-likeness (QED) is 0.778. The van der Waals surface area contributed by atoms with E-state index in [-0.39, 0.29) is 0 Å². The second kappa shape index (κ2) is 6.16. The number of nitrogens with one attached hydrogen (secondary N) is 1. The van der Waals surface area contributed by atoms with Gasteiger partial charge in [0.1, 0.15) is 6.04 Å². The van der Waals surface area contributed by atoms with E-state index < -0.39 is 6.04 Å². The minimum Gasteiger partial charge on any atom is -0.366 e. The van der Waals surface area contributed by atoms with Crippen LogP contribution in [0.3, 0.4) is 0 Å². The second-order valence-electron chi connectivity index (χ2n) is 3.87. The molecule has 0 fully saturated rings. The number of nitriles is 1. The summed E-state index contributed by atoms with van der Waals surface area (Å²) in [6.45, 7) is 0. The van der Waals surface area contributed by atoms with Crippen LogP contribution < -0.4 is 5.32 Å². The van der Waals surface area contributed by atoms with E-state index in [1.807, 2.05) is 30.3 Å². The highest BCUT2D eigenvalue weighted by Crippen LogP contribution is 2.34. The van der Waals surface area contributed by atoms with Crippen molar-refractivity contribution in [1.29, 1.82) is 5.26 Å². The monoisotopic (exact) mass is 310 g/mol. The van der Waals surface area contributed by atoms with E-state index in [0.717, 1.165) is 5.56 Å². The van der Waals surface area contributed by atoms with Gasteiger partial charge in [0.25, 0.3) is 0 Å². The number of benzene rings is 2. The molecule has 2 aromatic rings. The maximum Gasteiger partial charge on any atom is 0.140 e. The fourth-order valence-electron chi connectivity index (χ4n) is 1.64. The number of nitrogens with zero attached hydrogens (tertiary/aromatic N) is 1. The Balaban J connectivity index is 2.28. The van der Waals surface area contributed by atoms with Crippen molar-refractivity contribution >= 4 is 40.5 Å². The molecule has 2 nitrogen and oxygen atoms in total. The third-order valence-corrected chi connectivity index (χ3v) is 3.75. The molecule has 2 rings (SSSR count). The Morgan fingerprint density at radius 3 is 2.11 bits per heavy atom. The Morgan fingerprint density at radius 1 is 1.00 bits per heavy atom. The van der Waals surface area contributed by atoms with E-state index in [0.29, 0.717) is 20.8 Å². The molecule has 0 heterocycles. The first-order valence-corrected chi connectivity index (χ1v) is 6.61. The molecular weight excluding hydrogens is 303 g/mol. The lowest BCUT2D eigenvalue weighted by Gasteiger charge is -2.14. The van der Waals surface area contributed by atoms with Gasteiger partial charge < -0.3 is 5.32 Å². The van der Waals surface area contributed by atoms with Crippen LogP contribution in [0.15, 0.2) is 42.5 Å². The lowest BCUT2D eigenvalue weighted by molar-refractivity contribution is 0.998. The van der Waals surface area contributed by atoms with Gasteiger partial charge in [-0.2, -0.15) is 5.26 Å². The molecule has 0 spiro atoms. The van der Waals surface area contributed by atoms with E-state index in [1.165, 1.54) is 0 Å². The van der Waals surface area contributed by atoms with Crippen LogP contribution in [0, 0.1) is 11.3 Å². The summed E-state index contributed by atoms with van der Waals surface area (Å²) in [6.07, 6.45) is 0. The SMILES string of the molecule is N#CC(Nc1cc(Cl)c(Cl)c(Cl)c1)c1ccccc1. The van der Waals surface area contributed by atoms with E-state index in [1.54, 1.807) is 12.1 Å². The van der Waals surface area contributed by atoms with Crippen LogP contribution in [-0.4, -0.2) is 0 Å². The maximum atomic E-state index is 9.23. The zero-order valence-electron chi connectivity index (χ0n) is 9.70. The van der Waals surface area contributed by atoms with Gasteiger partial charge in [-0.15, -0.1) is 0 Å². The minimum atomic E-state index is -0.477. The largest absolute Gasteiger partial charge is 0.366 e. The van der Waals surface area contributed by atoms with Crippen molar-refractivity contribution in [2.45, 2.75) is 6.04 Å². The smallest absolute Gasteiger partial charge is 0.140 e. The van der Waals surface area contributed by atoms with Gasteiger partial charge >= 0.3 is 0 Å². The molecule has 2 aromatic carbocycles. The summed E-state index contributed by atoms with van der Waals surface area (Å²) in [7, 11) is 0. The second-order valence-corrected chi connectivity index (χ2v) is 5.06. The summed E-state index contributed by atoms with van der Waals surface area (Å²) in [5, 5.41) is 13.3. The normalized spacial score (nSPS) is 11.7. The lowest BCUT2D eigenvalue weighted by Crippen LogP contribution is -2.08. The van der Waals surface area contributed by atoms with Crippen molar-refractivity contribution in [2.24, 2.45) is 0 Å². The van der Waals surface area contributed by atoms with Crippen molar-refractivity contribution in [1.82, 2.24) is 0 Å². The van der Waals surface area contributed by atoms with Gasteiger partial charge in [0.15, 0.2) is 0 Å². The van der Waals surface area contributed by atoms with Crippen LogP contribution in [-0.2, 0) is 0 Å². The fraction of sp³-hybridized carbons (Fsp3) is 0.0714. The summed E-state index contributed by atoms with van der Waals surface area (Å²) in [6, 6.07) is 14.4. The summed E-state index contributed by atoms with van der Waals surface area (Å²) >= 11 is 17.8. The predicted octanol–water partition coefficient (Wildman–Crippen LogP) is 5.32. The van der Waals surface area contributed by atoms with Crippen molar-refractivity contribution in [3.8, 4) is 6.07 Å². The third-order valence-electron chi connectivity index (χ3n) is 2.56. The van der Waals surface area contributed by atoms with E-state index >= 15 is 0 Å². The highest BCUT2D eigenvalue weighted by atomic mass is 35.5. The summed E-state index contributed by atoms with van der Waals surface area (Å²) in [5.41, 5.74) is 1.52. The van der Waals surface area contributed by atoms with Crippen LogP contribution in [0.4, 0.5) is 5.69 Å². The molecule has 1 atom stereocenters. The predicted molar refractivity (Wildman–Crippen MR) is 79.9 cm³/mol. The van der Waals surface area contributed by atoms with E-state index in [9.17, 15) is 5.26 Å². The summed E-state index contributed by atoms with van der Waals surface area (Å²) in [5.74, 6) is 0. The molecule has 0 radical (unpaired) electrons. The first-order chi connectivity index (χ1) is 9.11. The highest BCUT2D eigenvalue weighted by Gasteiger charge is 2.12. The van der Waals surface area contributed by atoms with E-state index in [2.05, 4.69) is 11.4 Å². The number of hydrogen-bond donors (Lipinski definition) is 1. The molecule has 0 amide bonds. The molecule has 0 aliphatic rings. The molecule has 0 saturated carbocycles. The molecule has 0 aromatic heterocycles. The third kappa shape index (κ3) is 3.33. The Hall–Kier alpha value is -1.40. The van der Waals surface area contributed by atoms with Crippen LogP contribution in [0.2, 0.25) is 15.1 Å². The molecule has 1 N–H and O–H groups in total. The van der Waals surface area contributed by atoms with Crippen LogP contribution in [0.1, 0.15) is 11.6 Å². The first kappa shape index (κ1) is 14.0. The zero-order valence-corrected chi connectivity index (χ0v) is 12.0. The molecule has 96 valence electrons. The number of halogens is 3. The van der Waals surface area contributed by atoms with Crippen molar-refractivity contribution < 1.29 is 0 Å². The fourth-order valence-corrected chi connectivity index (χ4v) is 2.24. The minimum absolute atomic E-state index is 0.308. The number of hydrogen-bond acceptors (Lipinski definition) is 2. The Kier molecular flexibility index (Phi) is 4.55. The Labute approximate surface area is 126 Å². The number of anilines is 1. The average Bonchev–Trinajstić information content (AvgIpc) is 2.43. The van der Waals surface area contributed by atoms with Crippen LogP contribution >= 0.6 is 34.8 Å². The maximum absolute atomic E-state index is 9.23. The molecule has 19 heavy (non-hydrogen) atoms. The van der Waals surface area contributed by atoms with Gasteiger partial charge in [-0.05, 0) is 17.7 Å². The van der Waals surface area contributed by atoms with Crippen molar-refractivity contribution in [3.63, 3.8) is 0 Å². The zero-order chi connectivity index (χ0) is 13.8. The highest BCUT2D eigenvalue weighted by molar-refractivity contribution is 6.48. The molecular formula is C14H9Cl3N2. The molecule has 0 aliphatic carbocycles. The van der Waals surface area contributed by atoms with Gasteiger partial charge in [0, 0.05) is 5.69 Å². The standard InChI is InChI=1S/C14H9Cl3N2/c15-11-6-10(7-12(16)14(11)17)19-13(8-18)9-4-2-1-3-5-9/h1-7,13,19H. The van der Waals surface area contributed by atoms with Gasteiger partial charge in [-0.3, -0.25) is 0 Å². The van der Waals surface area contributed by atoms with Crippen molar-refractivity contribution in [2.75, 3.05) is 5.32 Å². The van der Waals surface area contributed by atoms with Gasteiger partial charge in [0.05, 0.1) is 21.1 Å². The Morgan fingerprint density at radius 2 is 1.58 bits per heavy atom. The number of rotatable bonds is 3. The topological polar surface area (TPSA) is 35.8 Å². The van der Waals surface area contributed by atoms with Crippen LogP contribution in [0.25, 0.3) is 0 Å². The van der Waals surface area contributed by atoms with Crippen molar-refractivity contribution in [3.05, 3.63) is 63.1 Å². The molecule has 1 unspecified atom stereocenters. The molecule has 0 saturated heterocycles. The van der Waals surface area contributed by atoms with E-state index in [4.69, 9.17) is 34.8 Å². The average molecular weight is 312 g/mol.